The molecular formula is C29H46O8. The molecule has 0 heterocycles. The summed E-state index contributed by atoms with van der Waals surface area (Å²) in [5.41, 5.74) is -4.43. The molecule has 37 heavy (non-hydrogen) atoms. The number of esters is 1. The van der Waals surface area contributed by atoms with E-state index in [0.29, 0.717) is 44.1 Å². The van der Waals surface area contributed by atoms with E-state index in [2.05, 4.69) is 0 Å². The number of ether oxygens (including phenoxy) is 1. The fourth-order valence-electron chi connectivity index (χ4n) is 8.63. The lowest BCUT2D eigenvalue weighted by molar-refractivity contribution is -0.182. The molecular weight excluding hydrogens is 476 g/mol. The van der Waals surface area contributed by atoms with Gasteiger partial charge in [0.1, 0.15) is 6.10 Å². The van der Waals surface area contributed by atoms with E-state index in [1.54, 1.807) is 26.8 Å². The predicted octanol–water partition coefficient (Wildman–Crippen LogP) is 2.42. The van der Waals surface area contributed by atoms with Crippen LogP contribution < -0.4 is 0 Å². The van der Waals surface area contributed by atoms with Crippen LogP contribution >= 0.6 is 0 Å². The zero-order valence-corrected chi connectivity index (χ0v) is 23.2. The van der Waals surface area contributed by atoms with Crippen molar-refractivity contribution in [2.45, 2.75) is 128 Å². The molecule has 5 N–H and O–H groups in total. The second-order valence-electron chi connectivity index (χ2n) is 13.8. The molecule has 0 bridgehead atoms. The molecule has 0 aromatic carbocycles. The summed E-state index contributed by atoms with van der Waals surface area (Å²) in [6.45, 7) is 10.3. The molecule has 8 heteroatoms. The lowest BCUT2D eigenvalue weighted by Crippen LogP contribution is -2.63. The fraction of sp³-hybridized carbons (Fsp3) is 0.862. The molecule has 0 amide bonds. The zero-order valence-electron chi connectivity index (χ0n) is 23.2. The molecule has 10 atom stereocenters. The molecule has 3 saturated carbocycles. The topological polar surface area (TPSA) is 145 Å². The van der Waals surface area contributed by atoms with Crippen molar-refractivity contribution in [1.82, 2.24) is 0 Å². The number of rotatable bonds is 6. The van der Waals surface area contributed by atoms with E-state index in [4.69, 9.17) is 4.74 Å². The van der Waals surface area contributed by atoms with Crippen molar-refractivity contribution in [3.8, 4) is 0 Å². The van der Waals surface area contributed by atoms with E-state index < -0.39 is 63.8 Å². The lowest BCUT2D eigenvalue weighted by Gasteiger charge is -2.60. The van der Waals surface area contributed by atoms with Gasteiger partial charge in [-0.25, -0.2) is 0 Å². The number of aliphatic hydroxyl groups excluding tert-OH is 2. The maximum Gasteiger partial charge on any atom is 0.302 e. The first kappa shape index (κ1) is 28.7. The molecule has 0 aromatic heterocycles. The summed E-state index contributed by atoms with van der Waals surface area (Å²) in [6, 6.07) is 0. The zero-order chi connectivity index (χ0) is 27.8. The van der Waals surface area contributed by atoms with Gasteiger partial charge in [0, 0.05) is 18.3 Å². The maximum absolute atomic E-state index is 13.4. The summed E-state index contributed by atoms with van der Waals surface area (Å²) >= 11 is 0. The van der Waals surface area contributed by atoms with Crippen molar-refractivity contribution in [2.75, 3.05) is 0 Å². The SMILES string of the molecule is CC(=O)O[C@H]1C[C@@]2(C)[C@@H](C[C@H]1O)C(=O)C=C1[C@@H]2CC[C@]2(C)[C@@H]([C@@](C)(O)C(O)CCC(C)(C)O)CC[C@@]12O. The van der Waals surface area contributed by atoms with Crippen molar-refractivity contribution in [2.24, 2.45) is 28.6 Å². The standard InChI is InChI=1S/C29H46O8/c1-16(30)37-22-15-26(4)17-7-11-27(5)23(28(6,35)24(33)9-10-25(2,3)34)8-12-29(27,36)18(17)13-20(31)19(26)14-21(22)32/h13,17,19,21-24,32-36H,7-12,14-15H2,1-6H3/t17-,19-,21+,22-,23-,24?,26+,27+,28+,29+/m0/s1. The van der Waals surface area contributed by atoms with Gasteiger partial charge in [-0.05, 0) is 101 Å². The van der Waals surface area contributed by atoms with E-state index in [-0.39, 0.29) is 24.5 Å². The third-order valence-corrected chi connectivity index (χ3v) is 10.8. The summed E-state index contributed by atoms with van der Waals surface area (Å²) in [6.07, 6.45) is 2.17. The predicted molar refractivity (Wildman–Crippen MR) is 136 cm³/mol. The Morgan fingerprint density at radius 1 is 1.16 bits per heavy atom. The number of ketones is 1. The molecule has 0 aliphatic heterocycles. The molecule has 4 aliphatic rings. The smallest absolute Gasteiger partial charge is 0.302 e. The van der Waals surface area contributed by atoms with Crippen LogP contribution in [0.4, 0.5) is 0 Å². The van der Waals surface area contributed by atoms with Crippen molar-refractivity contribution in [3.63, 3.8) is 0 Å². The lowest BCUT2D eigenvalue weighted by atomic mass is 9.45. The van der Waals surface area contributed by atoms with Crippen molar-refractivity contribution in [3.05, 3.63) is 11.6 Å². The summed E-state index contributed by atoms with van der Waals surface area (Å²) < 4.78 is 5.44. The van der Waals surface area contributed by atoms with Crippen LogP contribution in [0.25, 0.3) is 0 Å². The molecule has 4 rings (SSSR count). The monoisotopic (exact) mass is 522 g/mol. The average molecular weight is 523 g/mol. The highest BCUT2D eigenvalue weighted by molar-refractivity contribution is 5.95. The summed E-state index contributed by atoms with van der Waals surface area (Å²) in [5.74, 6) is -1.54. The van der Waals surface area contributed by atoms with E-state index in [9.17, 15) is 35.1 Å². The van der Waals surface area contributed by atoms with Crippen LogP contribution in [0.1, 0.15) is 92.9 Å². The molecule has 0 spiro atoms. The second-order valence-corrected chi connectivity index (χ2v) is 13.8. The highest BCUT2D eigenvalue weighted by Crippen LogP contribution is 2.68. The number of allylic oxidation sites excluding steroid dienone is 1. The van der Waals surface area contributed by atoms with Gasteiger partial charge in [-0.1, -0.05) is 13.8 Å². The molecule has 0 aromatic rings. The van der Waals surface area contributed by atoms with Gasteiger partial charge in [0.2, 0.25) is 0 Å². The summed E-state index contributed by atoms with van der Waals surface area (Å²) in [7, 11) is 0. The van der Waals surface area contributed by atoms with Gasteiger partial charge in [0.25, 0.3) is 0 Å². The van der Waals surface area contributed by atoms with Gasteiger partial charge < -0.3 is 30.3 Å². The van der Waals surface area contributed by atoms with E-state index in [1.807, 2.05) is 13.8 Å². The van der Waals surface area contributed by atoms with Gasteiger partial charge in [-0.3, -0.25) is 9.59 Å². The van der Waals surface area contributed by atoms with Crippen molar-refractivity contribution in [1.29, 1.82) is 0 Å². The van der Waals surface area contributed by atoms with Crippen LogP contribution in [0.2, 0.25) is 0 Å². The largest absolute Gasteiger partial charge is 0.460 e. The normalized spacial score (nSPS) is 44.1. The highest BCUT2D eigenvalue weighted by atomic mass is 16.6. The average Bonchev–Trinajstić information content (AvgIpc) is 3.05. The third kappa shape index (κ3) is 4.50. The van der Waals surface area contributed by atoms with E-state index in [1.165, 1.54) is 6.92 Å². The fourth-order valence-corrected chi connectivity index (χ4v) is 8.63. The maximum atomic E-state index is 13.4. The highest BCUT2D eigenvalue weighted by Gasteiger charge is 2.69. The number of hydrogen-bond donors (Lipinski definition) is 5. The number of hydrogen-bond acceptors (Lipinski definition) is 8. The number of carbonyl (C=O) groups is 2. The molecule has 0 radical (unpaired) electrons. The van der Waals surface area contributed by atoms with Crippen LogP contribution in [0.15, 0.2) is 11.6 Å². The minimum absolute atomic E-state index is 0.118. The Balaban J connectivity index is 1.66. The van der Waals surface area contributed by atoms with Gasteiger partial charge in [-0.2, -0.15) is 0 Å². The van der Waals surface area contributed by atoms with Crippen LogP contribution in [-0.2, 0) is 14.3 Å². The molecule has 3 fully saturated rings. The first-order chi connectivity index (χ1) is 16.9. The van der Waals surface area contributed by atoms with Crippen LogP contribution in [0.3, 0.4) is 0 Å². The minimum Gasteiger partial charge on any atom is -0.460 e. The summed E-state index contributed by atoms with van der Waals surface area (Å²) in [4.78, 5) is 25.1. The summed E-state index contributed by atoms with van der Waals surface area (Å²) in [5, 5.41) is 55.7. The molecule has 8 nitrogen and oxygen atoms in total. The molecule has 210 valence electrons. The second kappa shape index (κ2) is 9.12. The Labute approximate surface area is 220 Å². The molecule has 4 aliphatic carbocycles. The van der Waals surface area contributed by atoms with E-state index >= 15 is 0 Å². The van der Waals surface area contributed by atoms with Gasteiger partial charge in [0.15, 0.2) is 5.78 Å². The van der Waals surface area contributed by atoms with Crippen LogP contribution in [-0.4, -0.2) is 72.4 Å². The van der Waals surface area contributed by atoms with Gasteiger partial charge in [-0.15, -0.1) is 0 Å². The first-order valence-corrected chi connectivity index (χ1v) is 13.8. The van der Waals surface area contributed by atoms with Crippen molar-refractivity contribution < 1.29 is 39.9 Å². The molecule has 0 saturated heterocycles. The Kier molecular flexibility index (Phi) is 7.07. The van der Waals surface area contributed by atoms with Crippen LogP contribution in [0, 0.1) is 28.6 Å². The van der Waals surface area contributed by atoms with Gasteiger partial charge in [0.05, 0.1) is 29.0 Å². The van der Waals surface area contributed by atoms with Crippen molar-refractivity contribution >= 4 is 11.8 Å². The van der Waals surface area contributed by atoms with E-state index in [0.717, 1.165) is 0 Å². The Bertz CT molecular complexity index is 965. The Hall–Kier alpha value is -1.32. The minimum atomic E-state index is -1.49. The molecule has 1 unspecified atom stereocenters. The first-order valence-electron chi connectivity index (χ1n) is 13.8. The third-order valence-electron chi connectivity index (χ3n) is 10.8. The number of aliphatic hydroxyl groups is 5. The van der Waals surface area contributed by atoms with Gasteiger partial charge >= 0.3 is 5.97 Å². The Morgan fingerprint density at radius 2 is 1.81 bits per heavy atom. The Morgan fingerprint density at radius 3 is 2.41 bits per heavy atom. The van der Waals surface area contributed by atoms with Crippen LogP contribution in [0.5, 0.6) is 0 Å². The quantitative estimate of drug-likeness (QED) is 0.335. The number of fused-ring (bicyclic) bond motifs is 5. The number of carbonyl (C=O) groups excluding carboxylic acids is 2.